The van der Waals surface area contributed by atoms with Gasteiger partial charge >= 0.3 is 0 Å². The molecule has 0 aliphatic carbocycles. The molecule has 0 spiro atoms. The van der Waals surface area contributed by atoms with E-state index in [-0.39, 0.29) is 18.1 Å². The van der Waals surface area contributed by atoms with Gasteiger partial charge in [-0.2, -0.15) is 0 Å². The summed E-state index contributed by atoms with van der Waals surface area (Å²) in [6.07, 6.45) is 0.685. The van der Waals surface area contributed by atoms with Gasteiger partial charge in [-0.05, 0) is 13.3 Å². The van der Waals surface area contributed by atoms with Gasteiger partial charge in [-0.25, -0.2) is 0 Å². The zero-order chi connectivity index (χ0) is 10.6. The molecule has 0 radical (unpaired) electrons. The SMILES string of the molecule is CCC(C)N(C)C(=O)[C@@H]1CNCCO1. The molecule has 1 aliphatic heterocycles. The number of nitrogens with zero attached hydrogens (tertiary/aromatic N) is 1. The zero-order valence-electron chi connectivity index (χ0n) is 9.25. The molecular formula is C10H20N2O2. The monoisotopic (exact) mass is 200 g/mol. The lowest BCUT2D eigenvalue weighted by atomic mass is 10.2. The van der Waals surface area contributed by atoms with Crippen molar-refractivity contribution < 1.29 is 9.53 Å². The van der Waals surface area contributed by atoms with Crippen molar-refractivity contribution in [1.82, 2.24) is 10.2 Å². The molecule has 1 saturated heterocycles. The Hall–Kier alpha value is -0.610. The third-order valence-electron chi connectivity index (χ3n) is 2.80. The Bertz CT molecular complexity index is 187. The Kier molecular flexibility index (Phi) is 4.35. The number of likely N-dealkylation sites (N-methyl/N-ethyl adjacent to an activating group) is 1. The van der Waals surface area contributed by atoms with Crippen LogP contribution in [0, 0.1) is 0 Å². The standard InChI is InChI=1S/C10H20N2O2/c1-4-8(2)12(3)10(13)9-7-11-5-6-14-9/h8-9,11H,4-7H2,1-3H3/t8?,9-/m0/s1. The number of nitrogens with one attached hydrogen (secondary N) is 1. The first kappa shape index (κ1) is 11.5. The minimum Gasteiger partial charge on any atom is -0.366 e. The zero-order valence-corrected chi connectivity index (χ0v) is 9.25. The minimum absolute atomic E-state index is 0.0894. The topological polar surface area (TPSA) is 41.6 Å². The number of carbonyl (C=O) groups excluding carboxylic acids is 1. The molecule has 4 nitrogen and oxygen atoms in total. The lowest BCUT2D eigenvalue weighted by Gasteiger charge is -2.30. The fourth-order valence-electron chi connectivity index (χ4n) is 1.44. The van der Waals surface area contributed by atoms with E-state index in [4.69, 9.17) is 4.74 Å². The number of hydrogen-bond donors (Lipinski definition) is 1. The van der Waals surface area contributed by atoms with Gasteiger partial charge in [0.05, 0.1) is 6.61 Å². The van der Waals surface area contributed by atoms with Crippen LogP contribution in [0.4, 0.5) is 0 Å². The van der Waals surface area contributed by atoms with Gasteiger partial charge < -0.3 is 15.0 Å². The summed E-state index contributed by atoms with van der Waals surface area (Å²) in [5.74, 6) is 0.0894. The molecule has 1 unspecified atom stereocenters. The van der Waals surface area contributed by atoms with E-state index in [9.17, 15) is 4.79 Å². The largest absolute Gasteiger partial charge is 0.366 e. The highest BCUT2D eigenvalue weighted by atomic mass is 16.5. The van der Waals surface area contributed by atoms with Crippen LogP contribution in [0.25, 0.3) is 0 Å². The summed E-state index contributed by atoms with van der Waals surface area (Å²) < 4.78 is 5.40. The molecule has 1 amide bonds. The van der Waals surface area contributed by atoms with E-state index in [2.05, 4.69) is 12.2 Å². The highest BCUT2D eigenvalue weighted by molar-refractivity contribution is 5.81. The second-order valence-corrected chi connectivity index (χ2v) is 3.77. The van der Waals surface area contributed by atoms with E-state index < -0.39 is 0 Å². The van der Waals surface area contributed by atoms with Gasteiger partial charge in [0.25, 0.3) is 5.91 Å². The van der Waals surface area contributed by atoms with Crippen molar-refractivity contribution in [2.75, 3.05) is 26.7 Å². The van der Waals surface area contributed by atoms with Gasteiger partial charge in [0.2, 0.25) is 0 Å². The Morgan fingerprint density at radius 1 is 1.71 bits per heavy atom. The normalized spacial score (nSPS) is 24.4. The van der Waals surface area contributed by atoms with Crippen molar-refractivity contribution in [3.8, 4) is 0 Å². The summed E-state index contributed by atoms with van der Waals surface area (Å²) in [6.45, 7) is 6.24. The van der Waals surface area contributed by atoms with Crippen LogP contribution in [-0.2, 0) is 9.53 Å². The van der Waals surface area contributed by atoms with E-state index in [1.807, 2.05) is 14.0 Å². The molecule has 0 aromatic heterocycles. The summed E-state index contributed by atoms with van der Waals surface area (Å²) in [4.78, 5) is 13.6. The maximum absolute atomic E-state index is 11.9. The van der Waals surface area contributed by atoms with Crippen LogP contribution < -0.4 is 5.32 Å². The van der Waals surface area contributed by atoms with Crippen LogP contribution in [-0.4, -0.2) is 49.7 Å². The minimum atomic E-state index is -0.289. The highest BCUT2D eigenvalue weighted by Crippen LogP contribution is 2.06. The molecule has 0 aromatic carbocycles. The predicted molar refractivity (Wildman–Crippen MR) is 55.1 cm³/mol. The van der Waals surface area contributed by atoms with E-state index in [1.54, 1.807) is 4.90 Å². The number of rotatable bonds is 3. The van der Waals surface area contributed by atoms with Crippen molar-refractivity contribution in [2.45, 2.75) is 32.4 Å². The van der Waals surface area contributed by atoms with Crippen LogP contribution in [0.15, 0.2) is 0 Å². The molecule has 1 fully saturated rings. The van der Waals surface area contributed by atoms with Crippen LogP contribution in [0.5, 0.6) is 0 Å². The summed E-state index contributed by atoms with van der Waals surface area (Å²) in [7, 11) is 1.84. The summed E-state index contributed by atoms with van der Waals surface area (Å²) in [5.41, 5.74) is 0. The highest BCUT2D eigenvalue weighted by Gasteiger charge is 2.26. The van der Waals surface area contributed by atoms with Gasteiger partial charge in [-0.3, -0.25) is 4.79 Å². The molecule has 0 bridgehead atoms. The number of carbonyl (C=O) groups is 1. The van der Waals surface area contributed by atoms with Crippen molar-refractivity contribution in [3.05, 3.63) is 0 Å². The van der Waals surface area contributed by atoms with E-state index >= 15 is 0 Å². The van der Waals surface area contributed by atoms with Crippen molar-refractivity contribution in [3.63, 3.8) is 0 Å². The smallest absolute Gasteiger partial charge is 0.253 e. The fraction of sp³-hybridized carbons (Fsp3) is 0.900. The van der Waals surface area contributed by atoms with Crippen molar-refractivity contribution >= 4 is 5.91 Å². The van der Waals surface area contributed by atoms with E-state index in [1.165, 1.54) is 0 Å². The number of hydrogen-bond acceptors (Lipinski definition) is 3. The molecule has 4 heteroatoms. The molecule has 2 atom stereocenters. The lowest BCUT2D eigenvalue weighted by molar-refractivity contribution is -0.145. The van der Waals surface area contributed by atoms with Crippen molar-refractivity contribution in [2.24, 2.45) is 0 Å². The molecule has 0 aromatic rings. The maximum atomic E-state index is 11.9. The average Bonchev–Trinajstić information content (AvgIpc) is 2.27. The quantitative estimate of drug-likeness (QED) is 0.709. The van der Waals surface area contributed by atoms with Gasteiger partial charge in [-0.15, -0.1) is 0 Å². The van der Waals surface area contributed by atoms with Crippen LogP contribution in [0.1, 0.15) is 20.3 Å². The summed E-state index contributed by atoms with van der Waals surface area (Å²) >= 11 is 0. The van der Waals surface area contributed by atoms with Crippen LogP contribution in [0.2, 0.25) is 0 Å². The third-order valence-corrected chi connectivity index (χ3v) is 2.80. The number of morpholine rings is 1. The first-order valence-electron chi connectivity index (χ1n) is 5.25. The van der Waals surface area contributed by atoms with Crippen molar-refractivity contribution in [1.29, 1.82) is 0 Å². The summed E-state index contributed by atoms with van der Waals surface area (Å²) in [5, 5.41) is 3.16. The first-order chi connectivity index (χ1) is 6.66. The summed E-state index contributed by atoms with van der Waals surface area (Å²) in [6, 6.07) is 0.285. The van der Waals surface area contributed by atoms with E-state index in [0.717, 1.165) is 13.0 Å². The fourth-order valence-corrected chi connectivity index (χ4v) is 1.44. The predicted octanol–water partition coefficient (Wildman–Crippen LogP) is 0.232. The van der Waals surface area contributed by atoms with E-state index in [0.29, 0.717) is 13.2 Å². The molecule has 82 valence electrons. The molecule has 14 heavy (non-hydrogen) atoms. The molecular weight excluding hydrogens is 180 g/mol. The number of amides is 1. The molecule has 1 N–H and O–H groups in total. The lowest BCUT2D eigenvalue weighted by Crippen LogP contribution is -2.50. The maximum Gasteiger partial charge on any atom is 0.253 e. The Morgan fingerprint density at radius 2 is 2.43 bits per heavy atom. The molecule has 0 saturated carbocycles. The second kappa shape index (κ2) is 5.32. The molecule has 1 rings (SSSR count). The second-order valence-electron chi connectivity index (χ2n) is 3.77. The molecule has 1 heterocycles. The van der Waals surface area contributed by atoms with Gasteiger partial charge in [0, 0.05) is 26.2 Å². The Labute approximate surface area is 85.6 Å². The Balaban J connectivity index is 2.46. The average molecular weight is 200 g/mol. The van der Waals surface area contributed by atoms with Crippen LogP contribution >= 0.6 is 0 Å². The third kappa shape index (κ3) is 2.69. The molecule has 1 aliphatic rings. The Morgan fingerprint density at radius 3 is 2.93 bits per heavy atom. The first-order valence-corrected chi connectivity index (χ1v) is 5.25. The van der Waals surface area contributed by atoms with Gasteiger partial charge in [0.1, 0.15) is 6.10 Å². The number of ether oxygens (including phenoxy) is 1. The van der Waals surface area contributed by atoms with Crippen LogP contribution in [0.3, 0.4) is 0 Å². The van der Waals surface area contributed by atoms with Gasteiger partial charge in [-0.1, -0.05) is 6.92 Å². The van der Waals surface area contributed by atoms with Gasteiger partial charge in [0.15, 0.2) is 0 Å².